The number of amides is 1. The van der Waals surface area contributed by atoms with E-state index in [1.54, 1.807) is 11.3 Å². The zero-order valence-electron chi connectivity index (χ0n) is 11.1. The number of nitrogens with one attached hydrogen (secondary N) is 1. The van der Waals surface area contributed by atoms with Crippen LogP contribution in [0.5, 0.6) is 0 Å². The highest BCUT2D eigenvalue weighted by Crippen LogP contribution is 2.21. The predicted octanol–water partition coefficient (Wildman–Crippen LogP) is 3.16. The molecule has 20 heavy (non-hydrogen) atoms. The van der Waals surface area contributed by atoms with Gasteiger partial charge in [-0.1, -0.05) is 0 Å². The van der Waals surface area contributed by atoms with Crippen LogP contribution in [-0.2, 0) is 6.54 Å². The van der Waals surface area contributed by atoms with Crippen LogP contribution < -0.4 is 11.1 Å². The Balaban J connectivity index is 2.11. The highest BCUT2D eigenvalue weighted by atomic mass is 32.1. The fourth-order valence-electron chi connectivity index (χ4n) is 1.76. The minimum Gasteiger partial charge on any atom is -0.398 e. The number of benzene rings is 1. The van der Waals surface area contributed by atoms with E-state index >= 15 is 0 Å². The van der Waals surface area contributed by atoms with Crippen LogP contribution in [0.4, 0.5) is 14.5 Å². The molecule has 0 atom stereocenters. The van der Waals surface area contributed by atoms with Gasteiger partial charge in [-0.3, -0.25) is 4.79 Å². The molecule has 0 unspecified atom stereocenters. The van der Waals surface area contributed by atoms with E-state index < -0.39 is 17.5 Å². The van der Waals surface area contributed by atoms with Gasteiger partial charge in [0.2, 0.25) is 0 Å². The number of hydrogen-bond acceptors (Lipinski definition) is 3. The molecular weight excluding hydrogens is 282 g/mol. The number of hydrogen-bond donors (Lipinski definition) is 2. The first-order valence-electron chi connectivity index (χ1n) is 5.97. The lowest BCUT2D eigenvalue weighted by molar-refractivity contribution is 0.0951. The van der Waals surface area contributed by atoms with Crippen molar-refractivity contribution in [3.8, 4) is 0 Å². The summed E-state index contributed by atoms with van der Waals surface area (Å²) in [6, 6.07) is 3.60. The maximum absolute atomic E-state index is 13.1. The van der Waals surface area contributed by atoms with Gasteiger partial charge in [-0.25, -0.2) is 8.78 Å². The third-order valence-electron chi connectivity index (χ3n) is 2.98. The summed E-state index contributed by atoms with van der Waals surface area (Å²) >= 11 is 1.58. The number of nitrogens with two attached hydrogens (primary N) is 1. The zero-order chi connectivity index (χ0) is 14.9. The quantitative estimate of drug-likeness (QED) is 0.855. The smallest absolute Gasteiger partial charge is 0.253 e. The molecule has 2 rings (SSSR count). The molecule has 3 N–H and O–H groups in total. The van der Waals surface area contributed by atoms with E-state index in [2.05, 4.69) is 5.32 Å². The number of carbonyl (C=O) groups excluding carboxylic acids is 1. The standard InChI is InChI=1S/C14H14F2N2OS/c1-7-3-9(20-8(7)2)6-18-14(19)10-4-11(15)12(16)5-13(10)17/h3-5H,6,17H2,1-2H3,(H,18,19). The molecule has 1 aromatic carbocycles. The Bertz CT molecular complexity index is 648. The molecular formula is C14H14F2N2OS. The van der Waals surface area contributed by atoms with Crippen LogP contribution in [-0.4, -0.2) is 5.91 Å². The van der Waals surface area contributed by atoms with Crippen molar-refractivity contribution in [3.63, 3.8) is 0 Å². The largest absolute Gasteiger partial charge is 0.398 e. The number of halogens is 2. The van der Waals surface area contributed by atoms with Crippen LogP contribution in [0, 0.1) is 25.5 Å². The average Bonchev–Trinajstić information content (AvgIpc) is 2.70. The number of rotatable bonds is 3. The minimum absolute atomic E-state index is 0.0612. The number of carbonyl (C=O) groups is 1. The minimum atomic E-state index is -1.09. The summed E-state index contributed by atoms with van der Waals surface area (Å²) in [6.07, 6.45) is 0. The Kier molecular flexibility index (Phi) is 4.04. The summed E-state index contributed by atoms with van der Waals surface area (Å²) < 4.78 is 26.1. The molecule has 1 amide bonds. The van der Waals surface area contributed by atoms with Crippen molar-refractivity contribution in [2.24, 2.45) is 0 Å². The molecule has 0 radical (unpaired) electrons. The molecule has 0 spiro atoms. The molecule has 2 aromatic rings. The van der Waals surface area contributed by atoms with Crippen LogP contribution in [0.3, 0.4) is 0 Å². The van der Waals surface area contributed by atoms with Gasteiger partial charge in [0.25, 0.3) is 5.91 Å². The fourth-order valence-corrected chi connectivity index (χ4v) is 2.75. The summed E-state index contributed by atoms with van der Waals surface area (Å²) in [7, 11) is 0. The van der Waals surface area contributed by atoms with Crippen LogP contribution in [0.25, 0.3) is 0 Å². The van der Waals surface area contributed by atoms with Gasteiger partial charge in [0.05, 0.1) is 12.1 Å². The van der Waals surface area contributed by atoms with Crippen molar-refractivity contribution >= 4 is 22.9 Å². The van der Waals surface area contributed by atoms with Crippen molar-refractivity contribution in [2.75, 3.05) is 5.73 Å². The first kappa shape index (κ1) is 14.5. The van der Waals surface area contributed by atoms with E-state index in [-0.39, 0.29) is 11.3 Å². The Labute approximate surface area is 119 Å². The van der Waals surface area contributed by atoms with Gasteiger partial charge < -0.3 is 11.1 Å². The van der Waals surface area contributed by atoms with Gasteiger partial charge in [-0.2, -0.15) is 0 Å². The van der Waals surface area contributed by atoms with E-state index in [9.17, 15) is 13.6 Å². The lowest BCUT2D eigenvalue weighted by Crippen LogP contribution is -2.23. The summed E-state index contributed by atoms with van der Waals surface area (Å²) in [5, 5.41) is 2.65. The molecule has 1 aromatic heterocycles. The van der Waals surface area contributed by atoms with E-state index in [0.29, 0.717) is 6.54 Å². The molecule has 0 fully saturated rings. The second kappa shape index (κ2) is 5.58. The Hall–Kier alpha value is -1.95. The van der Waals surface area contributed by atoms with Crippen molar-refractivity contribution in [1.82, 2.24) is 5.32 Å². The van der Waals surface area contributed by atoms with Gasteiger partial charge in [0.15, 0.2) is 11.6 Å². The zero-order valence-corrected chi connectivity index (χ0v) is 11.9. The van der Waals surface area contributed by atoms with E-state index in [0.717, 1.165) is 22.6 Å². The van der Waals surface area contributed by atoms with Gasteiger partial charge in [-0.15, -0.1) is 11.3 Å². The summed E-state index contributed by atoms with van der Waals surface area (Å²) in [4.78, 5) is 14.1. The molecule has 1 heterocycles. The Morgan fingerprint density at radius 3 is 2.50 bits per heavy atom. The summed E-state index contributed by atoms with van der Waals surface area (Å²) in [5.74, 6) is -2.68. The molecule has 0 aliphatic carbocycles. The van der Waals surface area contributed by atoms with Gasteiger partial charge in [0, 0.05) is 21.5 Å². The van der Waals surface area contributed by atoms with Gasteiger partial charge in [0.1, 0.15) is 0 Å². The number of nitrogen functional groups attached to an aromatic ring is 1. The Morgan fingerprint density at radius 1 is 1.25 bits per heavy atom. The maximum Gasteiger partial charge on any atom is 0.253 e. The highest BCUT2D eigenvalue weighted by molar-refractivity contribution is 7.12. The van der Waals surface area contributed by atoms with Crippen LogP contribution in [0.15, 0.2) is 18.2 Å². The van der Waals surface area contributed by atoms with Crippen molar-refractivity contribution in [2.45, 2.75) is 20.4 Å². The monoisotopic (exact) mass is 296 g/mol. The fraction of sp³-hybridized carbons (Fsp3) is 0.214. The molecule has 0 saturated heterocycles. The van der Waals surface area contributed by atoms with Gasteiger partial charge in [-0.05, 0) is 31.5 Å². The topological polar surface area (TPSA) is 55.1 Å². The molecule has 0 saturated carbocycles. The maximum atomic E-state index is 13.1. The van der Waals surface area contributed by atoms with Crippen LogP contribution >= 0.6 is 11.3 Å². The van der Waals surface area contributed by atoms with E-state index in [1.165, 1.54) is 4.88 Å². The average molecular weight is 296 g/mol. The second-order valence-corrected chi connectivity index (χ2v) is 5.83. The van der Waals surface area contributed by atoms with Gasteiger partial charge >= 0.3 is 0 Å². The predicted molar refractivity (Wildman–Crippen MR) is 75.7 cm³/mol. The number of aryl methyl sites for hydroxylation is 2. The number of anilines is 1. The molecule has 106 valence electrons. The van der Waals surface area contributed by atoms with Crippen LogP contribution in [0.1, 0.15) is 25.7 Å². The lowest BCUT2D eigenvalue weighted by Gasteiger charge is -2.07. The Morgan fingerprint density at radius 2 is 1.90 bits per heavy atom. The summed E-state index contributed by atoms with van der Waals surface area (Å²) in [6.45, 7) is 4.32. The van der Waals surface area contributed by atoms with E-state index in [1.807, 2.05) is 19.9 Å². The molecule has 0 bridgehead atoms. The van der Waals surface area contributed by atoms with Crippen molar-refractivity contribution in [3.05, 3.63) is 50.7 Å². The lowest BCUT2D eigenvalue weighted by atomic mass is 10.1. The third-order valence-corrected chi connectivity index (χ3v) is 4.13. The molecule has 0 aliphatic heterocycles. The van der Waals surface area contributed by atoms with Crippen molar-refractivity contribution < 1.29 is 13.6 Å². The first-order valence-corrected chi connectivity index (χ1v) is 6.78. The highest BCUT2D eigenvalue weighted by Gasteiger charge is 2.14. The van der Waals surface area contributed by atoms with E-state index in [4.69, 9.17) is 5.73 Å². The van der Waals surface area contributed by atoms with Crippen molar-refractivity contribution in [1.29, 1.82) is 0 Å². The van der Waals surface area contributed by atoms with Crippen LogP contribution in [0.2, 0.25) is 0 Å². The first-order chi connectivity index (χ1) is 9.38. The summed E-state index contributed by atoms with van der Waals surface area (Å²) in [5.41, 5.74) is 6.54. The normalized spacial score (nSPS) is 10.6. The third kappa shape index (κ3) is 2.96. The molecule has 3 nitrogen and oxygen atoms in total. The number of thiophene rings is 1. The SMILES string of the molecule is Cc1cc(CNC(=O)c2cc(F)c(F)cc2N)sc1C. The molecule has 6 heteroatoms. The molecule has 0 aliphatic rings. The second-order valence-electron chi connectivity index (χ2n) is 4.49.